The molecule has 1 unspecified atom stereocenters. The molecule has 20 heavy (non-hydrogen) atoms. The van der Waals surface area contributed by atoms with Crippen LogP contribution in [0.5, 0.6) is 0 Å². The summed E-state index contributed by atoms with van der Waals surface area (Å²) in [7, 11) is 0. The van der Waals surface area contributed by atoms with Gasteiger partial charge in [-0.1, -0.05) is 27.2 Å². The molecule has 1 aliphatic heterocycles. The van der Waals surface area contributed by atoms with E-state index in [1.54, 1.807) is 0 Å². The molecule has 1 N–H and O–H groups in total. The van der Waals surface area contributed by atoms with Gasteiger partial charge in [0.05, 0.1) is 6.04 Å². The van der Waals surface area contributed by atoms with Crippen LogP contribution in [0.4, 0.5) is 0 Å². The minimum Gasteiger partial charge on any atom is -0.311 e. The van der Waals surface area contributed by atoms with Crippen molar-refractivity contribution in [3.8, 4) is 0 Å². The smallest absolute Gasteiger partial charge is 0.160 e. The van der Waals surface area contributed by atoms with Gasteiger partial charge in [-0.25, -0.2) is 9.97 Å². The van der Waals surface area contributed by atoms with Crippen LogP contribution >= 0.6 is 0 Å². The van der Waals surface area contributed by atoms with Crippen LogP contribution < -0.4 is 5.32 Å². The Morgan fingerprint density at radius 1 is 1.35 bits per heavy atom. The highest BCUT2D eigenvalue weighted by atomic mass is 15.2. The van der Waals surface area contributed by atoms with Crippen molar-refractivity contribution in [1.29, 1.82) is 0 Å². The first-order valence-electron chi connectivity index (χ1n) is 7.59. The van der Waals surface area contributed by atoms with Gasteiger partial charge in [-0.05, 0) is 36.9 Å². The third-order valence-electron chi connectivity index (χ3n) is 3.79. The number of imidazole rings is 1. The van der Waals surface area contributed by atoms with Crippen LogP contribution in [0.1, 0.15) is 51.9 Å². The van der Waals surface area contributed by atoms with Crippen molar-refractivity contribution in [2.75, 3.05) is 6.54 Å². The zero-order valence-corrected chi connectivity index (χ0v) is 12.7. The second kappa shape index (κ2) is 5.17. The maximum absolute atomic E-state index is 4.86. The van der Waals surface area contributed by atoms with Crippen molar-refractivity contribution < 1.29 is 0 Å². The normalized spacial score (nSPS) is 20.4. The number of pyridine rings is 1. The van der Waals surface area contributed by atoms with Crippen molar-refractivity contribution in [1.82, 2.24) is 19.9 Å². The number of hydrogen-bond donors (Lipinski definition) is 1. The summed E-state index contributed by atoms with van der Waals surface area (Å²) in [5.41, 5.74) is 2.25. The van der Waals surface area contributed by atoms with Gasteiger partial charge in [0.1, 0.15) is 11.3 Å². The molecule has 0 radical (unpaired) electrons. The van der Waals surface area contributed by atoms with E-state index < -0.39 is 0 Å². The van der Waals surface area contributed by atoms with E-state index in [1.807, 2.05) is 12.3 Å². The lowest BCUT2D eigenvalue weighted by molar-refractivity contribution is 0.321. The molecule has 108 valence electrons. The highest BCUT2D eigenvalue weighted by Gasteiger charge is 2.24. The lowest BCUT2D eigenvalue weighted by Gasteiger charge is -2.26. The summed E-state index contributed by atoms with van der Waals surface area (Å²) in [6.07, 6.45) is 5.59. The van der Waals surface area contributed by atoms with Crippen molar-refractivity contribution in [2.24, 2.45) is 5.41 Å². The molecule has 3 rings (SSSR count). The molecule has 2 aromatic heterocycles. The van der Waals surface area contributed by atoms with Gasteiger partial charge >= 0.3 is 0 Å². The zero-order valence-electron chi connectivity index (χ0n) is 12.7. The molecule has 0 aromatic carbocycles. The van der Waals surface area contributed by atoms with E-state index in [9.17, 15) is 0 Å². The predicted octanol–water partition coefficient (Wildman–Crippen LogP) is 3.29. The molecule has 0 saturated carbocycles. The van der Waals surface area contributed by atoms with Gasteiger partial charge in [0, 0.05) is 12.7 Å². The average molecular weight is 272 g/mol. The Balaban J connectivity index is 2.06. The van der Waals surface area contributed by atoms with Gasteiger partial charge in [-0.15, -0.1) is 0 Å². The molecule has 1 atom stereocenters. The molecule has 2 aromatic rings. The Morgan fingerprint density at radius 3 is 2.90 bits per heavy atom. The maximum Gasteiger partial charge on any atom is 0.160 e. The molecule has 0 aliphatic carbocycles. The molecular formula is C16H24N4. The minimum atomic E-state index is 0.217. The summed E-state index contributed by atoms with van der Waals surface area (Å²) >= 11 is 0. The zero-order chi connectivity index (χ0) is 14.2. The fourth-order valence-electron chi connectivity index (χ4n) is 2.94. The first-order valence-corrected chi connectivity index (χ1v) is 7.59. The largest absolute Gasteiger partial charge is 0.311 e. The van der Waals surface area contributed by atoms with E-state index in [0.29, 0.717) is 6.04 Å². The summed E-state index contributed by atoms with van der Waals surface area (Å²) in [6.45, 7) is 8.84. The quantitative estimate of drug-likeness (QED) is 0.912. The molecule has 3 heterocycles. The predicted molar refractivity (Wildman–Crippen MR) is 81.6 cm³/mol. The Labute approximate surface area is 120 Å². The monoisotopic (exact) mass is 272 g/mol. The summed E-state index contributed by atoms with van der Waals surface area (Å²) in [5, 5.41) is 3.61. The van der Waals surface area contributed by atoms with Gasteiger partial charge in [0.2, 0.25) is 0 Å². The van der Waals surface area contributed by atoms with E-state index in [2.05, 4.69) is 41.7 Å². The highest BCUT2D eigenvalue weighted by molar-refractivity contribution is 5.71. The lowest BCUT2D eigenvalue weighted by atomic mass is 9.96. The molecule has 0 bridgehead atoms. The topological polar surface area (TPSA) is 42.7 Å². The molecule has 1 saturated heterocycles. The fraction of sp³-hybridized carbons (Fsp3) is 0.625. The fourth-order valence-corrected chi connectivity index (χ4v) is 2.94. The van der Waals surface area contributed by atoms with Crippen LogP contribution in [0.2, 0.25) is 0 Å². The number of nitrogens with zero attached hydrogens (tertiary/aromatic N) is 3. The van der Waals surface area contributed by atoms with Gasteiger partial charge in [0.15, 0.2) is 5.65 Å². The van der Waals surface area contributed by atoms with Crippen molar-refractivity contribution in [2.45, 2.75) is 52.6 Å². The molecule has 1 aliphatic rings. The molecule has 1 fully saturated rings. The maximum atomic E-state index is 4.86. The first-order chi connectivity index (χ1) is 9.54. The highest BCUT2D eigenvalue weighted by Crippen LogP contribution is 2.28. The molecule has 4 heteroatoms. The molecule has 0 spiro atoms. The van der Waals surface area contributed by atoms with Crippen molar-refractivity contribution >= 4 is 11.2 Å². The number of rotatable bonds is 2. The van der Waals surface area contributed by atoms with E-state index in [0.717, 1.165) is 30.1 Å². The molecular weight excluding hydrogens is 248 g/mol. The Morgan fingerprint density at radius 2 is 2.20 bits per heavy atom. The second-order valence-electron chi connectivity index (χ2n) is 6.97. The summed E-state index contributed by atoms with van der Waals surface area (Å²) in [5.74, 6) is 1.16. The van der Waals surface area contributed by atoms with Gasteiger partial charge < -0.3 is 9.88 Å². The Hall–Kier alpha value is -1.42. The average Bonchev–Trinajstić information content (AvgIpc) is 2.77. The minimum absolute atomic E-state index is 0.217. The van der Waals surface area contributed by atoms with E-state index >= 15 is 0 Å². The van der Waals surface area contributed by atoms with Crippen LogP contribution in [0.15, 0.2) is 18.3 Å². The number of fused-ring (bicyclic) bond motifs is 1. The summed E-state index contributed by atoms with van der Waals surface area (Å²) in [6, 6.07) is 4.41. The number of aromatic nitrogens is 3. The van der Waals surface area contributed by atoms with Crippen LogP contribution in [0.3, 0.4) is 0 Å². The van der Waals surface area contributed by atoms with E-state index in [-0.39, 0.29) is 5.41 Å². The van der Waals surface area contributed by atoms with Crippen molar-refractivity contribution in [3.63, 3.8) is 0 Å². The van der Waals surface area contributed by atoms with Gasteiger partial charge in [0.25, 0.3) is 0 Å². The Kier molecular flexibility index (Phi) is 3.50. The van der Waals surface area contributed by atoms with Gasteiger partial charge in [-0.3, -0.25) is 0 Å². The van der Waals surface area contributed by atoms with Crippen LogP contribution in [0, 0.1) is 5.41 Å². The van der Waals surface area contributed by atoms with Crippen LogP contribution in [0.25, 0.3) is 11.2 Å². The van der Waals surface area contributed by atoms with E-state index in [4.69, 9.17) is 4.98 Å². The number of hydrogen-bond acceptors (Lipinski definition) is 3. The number of nitrogens with one attached hydrogen (secondary N) is 1. The second-order valence-corrected chi connectivity index (χ2v) is 6.97. The van der Waals surface area contributed by atoms with Crippen molar-refractivity contribution in [3.05, 3.63) is 24.2 Å². The first kappa shape index (κ1) is 13.6. The number of piperidine rings is 1. The summed E-state index contributed by atoms with van der Waals surface area (Å²) < 4.78 is 2.32. The van der Waals surface area contributed by atoms with Gasteiger partial charge in [-0.2, -0.15) is 0 Å². The third kappa shape index (κ3) is 2.70. The SMILES string of the molecule is CC(C)(C)Cn1c(C2CCCCN2)nc2cccnc21. The Bertz CT molecular complexity index is 588. The molecule has 0 amide bonds. The lowest BCUT2D eigenvalue weighted by Crippen LogP contribution is -2.30. The van der Waals surface area contributed by atoms with E-state index in [1.165, 1.54) is 19.3 Å². The summed E-state index contributed by atoms with van der Waals surface area (Å²) in [4.78, 5) is 9.41. The molecule has 4 nitrogen and oxygen atoms in total. The third-order valence-corrected chi connectivity index (χ3v) is 3.79. The van der Waals surface area contributed by atoms with Crippen LogP contribution in [-0.4, -0.2) is 21.1 Å². The standard InChI is InChI=1S/C16H24N4/c1-16(2,3)11-20-14-13(8-6-10-18-14)19-15(20)12-7-4-5-9-17-12/h6,8,10,12,17H,4-5,7,9,11H2,1-3H3. The van der Waals surface area contributed by atoms with Crippen LogP contribution in [-0.2, 0) is 6.54 Å².